The molecular weight excluding hydrogens is 238 g/mol. The van der Waals surface area contributed by atoms with Gasteiger partial charge in [0.15, 0.2) is 0 Å². The highest BCUT2D eigenvalue weighted by Gasteiger charge is 2.04. The van der Waals surface area contributed by atoms with Crippen LogP contribution in [0.3, 0.4) is 0 Å². The molecule has 0 aliphatic heterocycles. The van der Waals surface area contributed by atoms with Gasteiger partial charge in [-0.2, -0.15) is 0 Å². The van der Waals surface area contributed by atoms with Gasteiger partial charge in [-0.25, -0.2) is 0 Å². The van der Waals surface area contributed by atoms with Crippen LogP contribution in [0.25, 0.3) is 0 Å². The number of hydrogen-bond acceptors (Lipinski definition) is 3. The van der Waals surface area contributed by atoms with Crippen LogP contribution in [0.4, 0.5) is 0 Å². The molecule has 0 aliphatic carbocycles. The van der Waals surface area contributed by atoms with Crippen LogP contribution in [0, 0.1) is 0 Å². The van der Waals surface area contributed by atoms with Crippen molar-refractivity contribution in [1.82, 2.24) is 5.32 Å². The van der Waals surface area contributed by atoms with Crippen molar-refractivity contribution in [3.05, 3.63) is 29.3 Å². The number of rotatable bonds is 8. The molecule has 96 valence electrons. The van der Waals surface area contributed by atoms with E-state index >= 15 is 0 Å². The third-order valence-corrected chi connectivity index (χ3v) is 2.56. The summed E-state index contributed by atoms with van der Waals surface area (Å²) < 4.78 is 5.43. The van der Waals surface area contributed by atoms with Crippen LogP contribution in [0.5, 0.6) is 5.75 Å². The Labute approximate surface area is 108 Å². The van der Waals surface area contributed by atoms with E-state index in [1.165, 1.54) is 0 Å². The molecule has 3 nitrogen and oxygen atoms in total. The van der Waals surface area contributed by atoms with Gasteiger partial charge < -0.3 is 15.2 Å². The zero-order valence-corrected chi connectivity index (χ0v) is 10.9. The van der Waals surface area contributed by atoms with Crippen molar-refractivity contribution in [2.75, 3.05) is 19.7 Å². The molecule has 0 aliphatic rings. The molecule has 0 saturated carbocycles. The van der Waals surface area contributed by atoms with Crippen LogP contribution in [-0.4, -0.2) is 30.9 Å². The lowest BCUT2D eigenvalue weighted by molar-refractivity contribution is 0.106. The van der Waals surface area contributed by atoms with Crippen molar-refractivity contribution in [3.63, 3.8) is 0 Å². The molecule has 0 bridgehead atoms. The molecule has 1 rings (SSSR count). The Morgan fingerprint density at radius 1 is 1.47 bits per heavy atom. The molecule has 0 aromatic heterocycles. The molecule has 1 unspecified atom stereocenters. The molecule has 0 saturated heterocycles. The first kappa shape index (κ1) is 14.3. The van der Waals surface area contributed by atoms with E-state index in [0.29, 0.717) is 17.3 Å². The molecule has 0 heterocycles. The number of ether oxygens (including phenoxy) is 1. The summed E-state index contributed by atoms with van der Waals surface area (Å²) in [6.07, 6.45) is 1.79. The molecule has 1 aromatic carbocycles. The minimum atomic E-state index is -0.495. The average Bonchev–Trinajstić information content (AvgIpc) is 2.32. The predicted octanol–water partition coefficient (Wildman–Crippen LogP) is 2.47. The van der Waals surface area contributed by atoms with E-state index in [1.807, 2.05) is 12.1 Å². The summed E-state index contributed by atoms with van der Waals surface area (Å²) >= 11 is 5.82. The number of benzene rings is 1. The van der Waals surface area contributed by atoms with Gasteiger partial charge in [-0.3, -0.25) is 0 Å². The van der Waals surface area contributed by atoms with Gasteiger partial charge in [0.25, 0.3) is 0 Å². The largest absolute Gasteiger partial charge is 0.491 e. The van der Waals surface area contributed by atoms with Crippen molar-refractivity contribution in [2.24, 2.45) is 0 Å². The van der Waals surface area contributed by atoms with E-state index in [-0.39, 0.29) is 6.61 Å². The topological polar surface area (TPSA) is 41.5 Å². The van der Waals surface area contributed by atoms with Gasteiger partial charge in [-0.15, -0.1) is 0 Å². The first-order chi connectivity index (χ1) is 8.22. The van der Waals surface area contributed by atoms with Crippen molar-refractivity contribution in [1.29, 1.82) is 0 Å². The molecule has 1 aromatic rings. The van der Waals surface area contributed by atoms with Gasteiger partial charge in [-0.05, 0) is 31.2 Å². The molecule has 0 spiro atoms. The second-order valence-corrected chi connectivity index (χ2v) is 4.42. The third-order valence-electron chi connectivity index (χ3n) is 2.33. The molecule has 0 amide bonds. The van der Waals surface area contributed by atoms with Crippen LogP contribution in [0.15, 0.2) is 24.3 Å². The van der Waals surface area contributed by atoms with Gasteiger partial charge in [0, 0.05) is 11.6 Å². The maximum atomic E-state index is 9.66. The monoisotopic (exact) mass is 257 g/mol. The SMILES string of the molecule is CCCCNCC(O)COc1cccc(Cl)c1. The second-order valence-electron chi connectivity index (χ2n) is 3.98. The summed E-state index contributed by atoms with van der Waals surface area (Å²) in [5.41, 5.74) is 0. The smallest absolute Gasteiger partial charge is 0.120 e. The van der Waals surface area contributed by atoms with Crippen molar-refractivity contribution < 1.29 is 9.84 Å². The Kier molecular flexibility index (Phi) is 7.01. The summed E-state index contributed by atoms with van der Waals surface area (Å²) in [4.78, 5) is 0. The highest BCUT2D eigenvalue weighted by molar-refractivity contribution is 6.30. The number of hydrogen-bond donors (Lipinski definition) is 2. The molecule has 0 radical (unpaired) electrons. The standard InChI is InChI=1S/C13H20ClNO2/c1-2-3-7-15-9-12(16)10-17-13-6-4-5-11(14)8-13/h4-6,8,12,15-16H,2-3,7,9-10H2,1H3. The lowest BCUT2D eigenvalue weighted by atomic mass is 10.3. The predicted molar refractivity (Wildman–Crippen MR) is 70.7 cm³/mol. The molecule has 0 fully saturated rings. The zero-order chi connectivity index (χ0) is 12.5. The number of aliphatic hydroxyl groups is 1. The lowest BCUT2D eigenvalue weighted by Gasteiger charge is -2.13. The molecule has 17 heavy (non-hydrogen) atoms. The van der Waals surface area contributed by atoms with Gasteiger partial charge in [-0.1, -0.05) is 31.0 Å². The zero-order valence-electron chi connectivity index (χ0n) is 10.2. The normalized spacial score (nSPS) is 12.4. The first-order valence-corrected chi connectivity index (χ1v) is 6.37. The fourth-order valence-corrected chi connectivity index (χ4v) is 1.56. The van der Waals surface area contributed by atoms with Crippen molar-refractivity contribution in [2.45, 2.75) is 25.9 Å². The number of aliphatic hydroxyl groups excluding tert-OH is 1. The Hall–Kier alpha value is -0.770. The van der Waals surface area contributed by atoms with E-state index in [2.05, 4.69) is 12.2 Å². The second kappa shape index (κ2) is 8.34. The van der Waals surface area contributed by atoms with Gasteiger partial charge >= 0.3 is 0 Å². The number of nitrogens with one attached hydrogen (secondary N) is 1. The number of halogens is 1. The highest BCUT2D eigenvalue weighted by atomic mass is 35.5. The first-order valence-electron chi connectivity index (χ1n) is 5.99. The Morgan fingerprint density at radius 2 is 2.29 bits per heavy atom. The van der Waals surface area contributed by atoms with Crippen LogP contribution in [0.1, 0.15) is 19.8 Å². The van der Waals surface area contributed by atoms with E-state index in [4.69, 9.17) is 16.3 Å². The van der Waals surface area contributed by atoms with Crippen LogP contribution < -0.4 is 10.1 Å². The van der Waals surface area contributed by atoms with Crippen LogP contribution >= 0.6 is 11.6 Å². The molecule has 2 N–H and O–H groups in total. The van der Waals surface area contributed by atoms with Gasteiger partial charge in [0.1, 0.15) is 18.5 Å². The highest BCUT2D eigenvalue weighted by Crippen LogP contribution is 2.17. The minimum Gasteiger partial charge on any atom is -0.491 e. The maximum absolute atomic E-state index is 9.66. The molecule has 1 atom stereocenters. The van der Waals surface area contributed by atoms with Gasteiger partial charge in [0.05, 0.1) is 0 Å². The Bertz CT molecular complexity index is 320. The van der Waals surface area contributed by atoms with E-state index in [0.717, 1.165) is 19.4 Å². The lowest BCUT2D eigenvalue weighted by Crippen LogP contribution is -2.31. The van der Waals surface area contributed by atoms with E-state index < -0.39 is 6.10 Å². The minimum absolute atomic E-state index is 0.277. The van der Waals surface area contributed by atoms with Gasteiger partial charge in [0.2, 0.25) is 0 Å². The quantitative estimate of drug-likeness (QED) is 0.703. The maximum Gasteiger partial charge on any atom is 0.120 e. The fraction of sp³-hybridized carbons (Fsp3) is 0.538. The van der Waals surface area contributed by atoms with Crippen molar-refractivity contribution in [3.8, 4) is 5.75 Å². The summed E-state index contributed by atoms with van der Waals surface area (Å²) in [7, 11) is 0. The number of unbranched alkanes of at least 4 members (excludes halogenated alkanes) is 1. The fourth-order valence-electron chi connectivity index (χ4n) is 1.38. The Balaban J connectivity index is 2.17. The average molecular weight is 258 g/mol. The molecular formula is C13H20ClNO2. The van der Waals surface area contributed by atoms with E-state index in [9.17, 15) is 5.11 Å². The summed E-state index contributed by atoms with van der Waals surface area (Å²) in [5, 5.41) is 13.5. The summed E-state index contributed by atoms with van der Waals surface area (Å²) in [5.74, 6) is 0.685. The summed E-state index contributed by atoms with van der Waals surface area (Å²) in [6, 6.07) is 7.17. The molecule has 4 heteroatoms. The Morgan fingerprint density at radius 3 is 3.00 bits per heavy atom. The van der Waals surface area contributed by atoms with Crippen molar-refractivity contribution >= 4 is 11.6 Å². The third kappa shape index (κ3) is 6.51. The van der Waals surface area contributed by atoms with Crippen LogP contribution in [-0.2, 0) is 0 Å². The van der Waals surface area contributed by atoms with E-state index in [1.54, 1.807) is 12.1 Å². The van der Waals surface area contributed by atoms with Crippen LogP contribution in [0.2, 0.25) is 5.02 Å². The summed E-state index contributed by atoms with van der Waals surface area (Å²) in [6.45, 7) is 3.91.